The van der Waals surface area contributed by atoms with E-state index < -0.39 is 25.4 Å². The molecule has 0 amide bonds. The summed E-state index contributed by atoms with van der Waals surface area (Å²) in [4.78, 5) is 0. The normalized spacial score (nSPS) is 13.6. The van der Waals surface area contributed by atoms with E-state index in [4.69, 9.17) is 22.1 Å². The van der Waals surface area contributed by atoms with Crippen LogP contribution < -0.4 is 0 Å². The molecule has 134 valence electrons. The van der Waals surface area contributed by atoms with Gasteiger partial charge >= 0.3 is 8.80 Å². The van der Waals surface area contributed by atoms with Crippen LogP contribution in [-0.4, -0.2) is 60.0 Å². The molecular formula is C14H36O5Si3. The third kappa shape index (κ3) is 8.92. The summed E-state index contributed by atoms with van der Waals surface area (Å²) in [6.45, 7) is 12.8. The second-order valence-electron chi connectivity index (χ2n) is 6.72. The molecule has 0 aromatic rings. The highest BCUT2D eigenvalue weighted by Gasteiger charge is 2.41. The molecule has 0 aliphatic rings. The number of hydrogen-bond acceptors (Lipinski definition) is 5. The van der Waals surface area contributed by atoms with Crippen LogP contribution in [0.4, 0.5) is 0 Å². The smallest absolute Gasteiger partial charge is 0.456 e. The van der Waals surface area contributed by atoms with Gasteiger partial charge in [0.25, 0.3) is 0 Å². The summed E-state index contributed by atoms with van der Waals surface area (Å²) in [6.07, 6.45) is 1.09. The van der Waals surface area contributed by atoms with Gasteiger partial charge in [-0.2, -0.15) is 0 Å². The van der Waals surface area contributed by atoms with Gasteiger partial charge in [-0.1, -0.05) is 0 Å². The minimum Gasteiger partial charge on any atom is -0.456 e. The predicted molar refractivity (Wildman–Crippen MR) is 98.4 cm³/mol. The van der Waals surface area contributed by atoms with Gasteiger partial charge in [-0.05, 0) is 51.6 Å². The molecule has 0 radical (unpaired) electrons. The Kier molecular flexibility index (Phi) is 10.6. The Morgan fingerprint density at radius 3 is 1.68 bits per heavy atom. The fourth-order valence-corrected chi connectivity index (χ4v) is 15.1. The maximum atomic E-state index is 6.61. The molecule has 0 N–H and O–H groups in total. The highest BCUT2D eigenvalue weighted by Crippen LogP contribution is 2.27. The van der Waals surface area contributed by atoms with E-state index in [2.05, 4.69) is 26.2 Å². The van der Waals surface area contributed by atoms with E-state index >= 15 is 0 Å². The molecule has 8 heteroatoms. The number of ether oxygens (including phenoxy) is 1. The van der Waals surface area contributed by atoms with Gasteiger partial charge in [0.2, 0.25) is 0 Å². The quantitative estimate of drug-likeness (QED) is 0.366. The molecule has 0 bridgehead atoms. The van der Waals surface area contributed by atoms with Gasteiger partial charge in [0.05, 0.1) is 0 Å². The Hall–Kier alpha value is 0.451. The van der Waals surface area contributed by atoms with Gasteiger partial charge < -0.3 is 22.1 Å². The number of hydrogen-bond donors (Lipinski definition) is 0. The van der Waals surface area contributed by atoms with E-state index in [9.17, 15) is 0 Å². The lowest BCUT2D eigenvalue weighted by Crippen LogP contribution is -2.48. The zero-order chi connectivity index (χ0) is 17.3. The second kappa shape index (κ2) is 10.3. The van der Waals surface area contributed by atoms with Crippen LogP contribution >= 0.6 is 0 Å². The fourth-order valence-electron chi connectivity index (χ4n) is 2.60. The van der Waals surface area contributed by atoms with E-state index in [1.807, 2.05) is 6.92 Å². The molecule has 0 aliphatic carbocycles. The summed E-state index contributed by atoms with van der Waals surface area (Å²) < 4.78 is 28.6. The van der Waals surface area contributed by atoms with Crippen LogP contribution in [-0.2, 0) is 22.1 Å². The van der Waals surface area contributed by atoms with Crippen molar-refractivity contribution >= 4 is 25.4 Å². The molecule has 0 saturated carbocycles. The van der Waals surface area contributed by atoms with Gasteiger partial charge in [0.1, 0.15) is 0 Å². The molecule has 0 aromatic heterocycles. The zero-order valence-corrected chi connectivity index (χ0v) is 18.8. The highest BCUT2D eigenvalue weighted by molar-refractivity contribution is 6.85. The van der Waals surface area contributed by atoms with Crippen molar-refractivity contribution in [1.82, 2.24) is 0 Å². The molecule has 0 spiro atoms. The summed E-state index contributed by atoms with van der Waals surface area (Å²) in [5.74, 6) is 0. The lowest BCUT2D eigenvalue weighted by Gasteiger charge is -2.35. The van der Waals surface area contributed by atoms with Crippen molar-refractivity contribution in [3.8, 4) is 0 Å². The Balaban J connectivity index is 4.42. The standard InChI is InChI=1S/C14H36O5Si3/c1-9-18-11-10-12-20(5,6)19-21(7,8)13-14-22(15-2,16-3)17-4/h9-14H2,1-8H3. The summed E-state index contributed by atoms with van der Waals surface area (Å²) in [5, 5.41) is 0. The molecule has 0 unspecified atom stereocenters. The average Bonchev–Trinajstić information content (AvgIpc) is 2.45. The molecule has 22 heavy (non-hydrogen) atoms. The van der Waals surface area contributed by atoms with Gasteiger partial charge in [-0.3, -0.25) is 0 Å². The van der Waals surface area contributed by atoms with Crippen molar-refractivity contribution in [2.45, 2.75) is 57.7 Å². The second-order valence-corrected chi connectivity index (χ2v) is 18.7. The Morgan fingerprint density at radius 1 is 0.727 bits per heavy atom. The maximum absolute atomic E-state index is 6.61. The Bertz CT molecular complexity index is 288. The molecule has 0 aromatic carbocycles. The zero-order valence-electron chi connectivity index (χ0n) is 15.8. The minimum atomic E-state index is -2.49. The first-order valence-electron chi connectivity index (χ1n) is 8.09. The minimum absolute atomic E-state index is 0.793. The molecule has 0 rings (SSSR count). The van der Waals surface area contributed by atoms with E-state index in [0.717, 1.165) is 37.8 Å². The summed E-state index contributed by atoms with van der Waals surface area (Å²) in [5.41, 5.74) is 0. The average molecular weight is 369 g/mol. The van der Waals surface area contributed by atoms with Crippen molar-refractivity contribution < 1.29 is 22.1 Å². The van der Waals surface area contributed by atoms with Gasteiger partial charge in [0, 0.05) is 40.6 Å². The van der Waals surface area contributed by atoms with Crippen LogP contribution in [0.25, 0.3) is 0 Å². The first-order chi connectivity index (χ1) is 10.2. The first kappa shape index (κ1) is 22.5. The molecule has 0 aliphatic heterocycles. The van der Waals surface area contributed by atoms with Crippen LogP contribution in [0.2, 0.25) is 44.3 Å². The predicted octanol–water partition coefficient (Wildman–Crippen LogP) is 3.72. The summed E-state index contributed by atoms with van der Waals surface area (Å²) in [6, 6.07) is 2.96. The van der Waals surface area contributed by atoms with E-state index in [1.165, 1.54) is 0 Å². The molecular weight excluding hydrogens is 332 g/mol. The monoisotopic (exact) mass is 368 g/mol. The first-order valence-corrected chi connectivity index (χ1v) is 16.3. The van der Waals surface area contributed by atoms with Crippen molar-refractivity contribution in [2.75, 3.05) is 34.5 Å². The molecule has 0 heterocycles. The fraction of sp³-hybridized carbons (Fsp3) is 1.00. The molecule has 0 saturated heterocycles. The Labute approximate surface area is 140 Å². The molecule has 5 nitrogen and oxygen atoms in total. The van der Waals surface area contributed by atoms with Crippen molar-refractivity contribution in [1.29, 1.82) is 0 Å². The van der Waals surface area contributed by atoms with Crippen LogP contribution in [0.15, 0.2) is 0 Å². The highest BCUT2D eigenvalue weighted by atomic mass is 28.4. The van der Waals surface area contributed by atoms with E-state index in [1.54, 1.807) is 21.3 Å². The van der Waals surface area contributed by atoms with E-state index in [0.29, 0.717) is 0 Å². The lowest BCUT2D eigenvalue weighted by atomic mass is 10.5. The van der Waals surface area contributed by atoms with E-state index in [-0.39, 0.29) is 0 Å². The van der Waals surface area contributed by atoms with Crippen LogP contribution in [0.5, 0.6) is 0 Å². The lowest BCUT2D eigenvalue weighted by molar-refractivity contribution is 0.125. The maximum Gasteiger partial charge on any atom is 0.499 e. The third-order valence-corrected chi connectivity index (χ3v) is 14.5. The SMILES string of the molecule is CCOCCC[Si](C)(C)O[Si](C)(C)CC[Si](OC)(OC)OC. The molecule has 0 fully saturated rings. The largest absolute Gasteiger partial charge is 0.499 e. The van der Waals surface area contributed by atoms with Crippen LogP contribution in [0.1, 0.15) is 13.3 Å². The molecule has 0 atom stereocenters. The van der Waals surface area contributed by atoms with Gasteiger partial charge in [0.15, 0.2) is 16.6 Å². The van der Waals surface area contributed by atoms with Crippen LogP contribution in [0.3, 0.4) is 0 Å². The van der Waals surface area contributed by atoms with Crippen molar-refractivity contribution in [3.05, 3.63) is 0 Å². The Morgan fingerprint density at radius 2 is 1.23 bits per heavy atom. The third-order valence-electron chi connectivity index (χ3n) is 3.79. The van der Waals surface area contributed by atoms with Gasteiger partial charge in [-0.15, -0.1) is 0 Å². The topological polar surface area (TPSA) is 46.2 Å². The number of rotatable bonds is 13. The summed E-state index contributed by atoms with van der Waals surface area (Å²) in [7, 11) is -0.876. The van der Waals surface area contributed by atoms with Crippen molar-refractivity contribution in [3.63, 3.8) is 0 Å². The van der Waals surface area contributed by atoms with Gasteiger partial charge in [-0.25, -0.2) is 0 Å². The van der Waals surface area contributed by atoms with Crippen LogP contribution in [0, 0.1) is 0 Å². The summed E-state index contributed by atoms with van der Waals surface area (Å²) >= 11 is 0. The van der Waals surface area contributed by atoms with Crippen molar-refractivity contribution in [2.24, 2.45) is 0 Å².